The van der Waals surface area contributed by atoms with Gasteiger partial charge in [-0.05, 0) is 31.0 Å². The first-order valence-electron chi connectivity index (χ1n) is 5.92. The number of halogens is 1. The van der Waals surface area contributed by atoms with E-state index >= 15 is 0 Å². The minimum absolute atomic E-state index is 0.0790. The third-order valence-electron chi connectivity index (χ3n) is 2.66. The second-order valence-corrected chi connectivity index (χ2v) is 6.69. The molecule has 0 spiro atoms. The number of hydrogen-bond acceptors (Lipinski definition) is 4. The van der Waals surface area contributed by atoms with Crippen molar-refractivity contribution in [2.45, 2.75) is 30.8 Å². The van der Waals surface area contributed by atoms with Gasteiger partial charge in [0.05, 0.1) is 13.2 Å². The van der Waals surface area contributed by atoms with Crippen LogP contribution in [0.3, 0.4) is 0 Å². The van der Waals surface area contributed by atoms with E-state index in [1.807, 2.05) is 6.92 Å². The Morgan fingerprint density at radius 2 is 2.16 bits per heavy atom. The molecule has 1 aromatic rings. The summed E-state index contributed by atoms with van der Waals surface area (Å²) in [5.41, 5.74) is 0. The highest BCUT2D eigenvalue weighted by Crippen LogP contribution is 2.26. The zero-order valence-electron chi connectivity index (χ0n) is 10.9. The molecule has 1 unspecified atom stereocenters. The van der Waals surface area contributed by atoms with Crippen molar-refractivity contribution in [3.63, 3.8) is 0 Å². The predicted molar refractivity (Wildman–Crippen MR) is 76.8 cm³/mol. The third kappa shape index (κ3) is 4.76. The Kier molecular flexibility index (Phi) is 6.25. The Hall–Kier alpha value is -0.630. The summed E-state index contributed by atoms with van der Waals surface area (Å²) in [6.45, 7) is 2.03. The molecule has 1 aromatic carbocycles. The fraction of sp³-hybridized carbons (Fsp3) is 0.500. The summed E-state index contributed by atoms with van der Waals surface area (Å²) in [5.74, 6) is 0.284. The Bertz CT molecular complexity index is 518. The standard InChI is InChI=1S/C12H18BrNO4S/c1-3-10(15)6-7-14-19(16,17)12-8-9(13)4-5-11(12)18-2/h4-5,8,10,14-15H,3,6-7H2,1-2H3. The van der Waals surface area contributed by atoms with Gasteiger partial charge in [0.2, 0.25) is 10.0 Å². The summed E-state index contributed by atoms with van der Waals surface area (Å²) >= 11 is 3.23. The van der Waals surface area contributed by atoms with Gasteiger partial charge in [-0.2, -0.15) is 0 Å². The average Bonchev–Trinajstić information content (AvgIpc) is 2.38. The number of nitrogens with one attached hydrogen (secondary N) is 1. The Morgan fingerprint density at radius 3 is 2.74 bits per heavy atom. The molecule has 0 saturated heterocycles. The molecule has 0 aliphatic carbocycles. The molecule has 7 heteroatoms. The number of ether oxygens (including phenoxy) is 1. The fourth-order valence-electron chi connectivity index (χ4n) is 1.50. The largest absolute Gasteiger partial charge is 0.495 e. The van der Waals surface area contributed by atoms with Gasteiger partial charge in [0.1, 0.15) is 10.6 Å². The number of hydrogen-bond donors (Lipinski definition) is 2. The molecule has 108 valence electrons. The van der Waals surface area contributed by atoms with Crippen LogP contribution in [-0.4, -0.2) is 33.3 Å². The molecule has 2 N–H and O–H groups in total. The quantitative estimate of drug-likeness (QED) is 0.786. The SMILES string of the molecule is CCC(O)CCNS(=O)(=O)c1cc(Br)ccc1OC. The van der Waals surface area contributed by atoms with E-state index in [0.717, 1.165) is 0 Å². The maximum absolute atomic E-state index is 12.1. The van der Waals surface area contributed by atoms with Crippen molar-refractivity contribution in [3.05, 3.63) is 22.7 Å². The van der Waals surface area contributed by atoms with Crippen molar-refractivity contribution in [1.29, 1.82) is 0 Å². The number of rotatable bonds is 7. The molecule has 5 nitrogen and oxygen atoms in total. The van der Waals surface area contributed by atoms with Crippen LogP contribution in [0.2, 0.25) is 0 Å². The fourth-order valence-corrected chi connectivity index (χ4v) is 3.26. The number of aliphatic hydroxyl groups excluding tert-OH is 1. The van der Waals surface area contributed by atoms with Crippen LogP contribution in [0.5, 0.6) is 5.75 Å². The lowest BCUT2D eigenvalue weighted by Crippen LogP contribution is -2.27. The molecule has 1 rings (SSSR count). The molecule has 0 radical (unpaired) electrons. The van der Waals surface area contributed by atoms with Crippen LogP contribution in [-0.2, 0) is 10.0 Å². The molecule has 0 fully saturated rings. The van der Waals surface area contributed by atoms with Crippen LogP contribution >= 0.6 is 15.9 Å². The maximum Gasteiger partial charge on any atom is 0.244 e. The number of aliphatic hydroxyl groups is 1. The molecule has 0 amide bonds. The van der Waals surface area contributed by atoms with Crippen molar-refractivity contribution in [2.75, 3.05) is 13.7 Å². The summed E-state index contributed by atoms with van der Waals surface area (Å²) in [4.78, 5) is 0.0790. The topological polar surface area (TPSA) is 75.6 Å². The van der Waals surface area contributed by atoms with Gasteiger partial charge < -0.3 is 9.84 Å². The van der Waals surface area contributed by atoms with Gasteiger partial charge in [-0.3, -0.25) is 0 Å². The molecule has 0 heterocycles. The highest BCUT2D eigenvalue weighted by molar-refractivity contribution is 9.10. The first-order chi connectivity index (χ1) is 8.90. The Morgan fingerprint density at radius 1 is 1.47 bits per heavy atom. The van der Waals surface area contributed by atoms with Gasteiger partial charge in [-0.25, -0.2) is 13.1 Å². The van der Waals surface area contributed by atoms with Gasteiger partial charge >= 0.3 is 0 Å². The highest BCUT2D eigenvalue weighted by atomic mass is 79.9. The van der Waals surface area contributed by atoms with Gasteiger partial charge in [0.15, 0.2) is 0 Å². The lowest BCUT2D eigenvalue weighted by Gasteiger charge is -2.12. The van der Waals surface area contributed by atoms with E-state index in [0.29, 0.717) is 17.3 Å². The van der Waals surface area contributed by atoms with E-state index < -0.39 is 16.1 Å². The maximum atomic E-state index is 12.1. The molecule has 0 aliphatic heterocycles. The van der Waals surface area contributed by atoms with Gasteiger partial charge in [0.25, 0.3) is 0 Å². The zero-order chi connectivity index (χ0) is 14.5. The first kappa shape index (κ1) is 16.4. The molecule has 0 aliphatic rings. The summed E-state index contributed by atoms with van der Waals surface area (Å²) in [5, 5.41) is 9.40. The Balaban J connectivity index is 2.85. The second-order valence-electron chi connectivity index (χ2n) is 4.04. The predicted octanol–water partition coefficient (Wildman–Crippen LogP) is 1.90. The summed E-state index contributed by atoms with van der Waals surface area (Å²) in [7, 11) is -2.23. The number of methoxy groups -OCH3 is 1. The molecule has 0 bridgehead atoms. The summed E-state index contributed by atoms with van der Waals surface area (Å²) in [6.07, 6.45) is 0.487. The monoisotopic (exact) mass is 351 g/mol. The van der Waals surface area contributed by atoms with Crippen LogP contribution in [0.4, 0.5) is 0 Å². The lowest BCUT2D eigenvalue weighted by molar-refractivity contribution is 0.162. The normalized spacial score (nSPS) is 13.3. The number of benzene rings is 1. The van der Waals surface area contributed by atoms with E-state index in [1.165, 1.54) is 13.2 Å². The van der Waals surface area contributed by atoms with E-state index in [2.05, 4.69) is 20.7 Å². The smallest absolute Gasteiger partial charge is 0.244 e. The van der Waals surface area contributed by atoms with Crippen molar-refractivity contribution in [3.8, 4) is 5.75 Å². The second kappa shape index (κ2) is 7.23. The van der Waals surface area contributed by atoms with Crippen molar-refractivity contribution in [1.82, 2.24) is 4.72 Å². The van der Waals surface area contributed by atoms with Crippen molar-refractivity contribution in [2.24, 2.45) is 0 Å². The van der Waals surface area contributed by atoms with Crippen LogP contribution < -0.4 is 9.46 Å². The molecule has 0 aromatic heterocycles. The van der Waals surface area contributed by atoms with Gasteiger partial charge in [0, 0.05) is 11.0 Å². The Labute approximate surface area is 122 Å². The van der Waals surface area contributed by atoms with E-state index in [-0.39, 0.29) is 17.2 Å². The molecule has 19 heavy (non-hydrogen) atoms. The van der Waals surface area contributed by atoms with Crippen molar-refractivity contribution < 1.29 is 18.3 Å². The lowest BCUT2D eigenvalue weighted by atomic mass is 10.2. The molecule has 0 saturated carbocycles. The highest BCUT2D eigenvalue weighted by Gasteiger charge is 2.19. The van der Waals surface area contributed by atoms with E-state index in [1.54, 1.807) is 12.1 Å². The first-order valence-corrected chi connectivity index (χ1v) is 8.19. The molecule has 1 atom stereocenters. The molecular formula is C12H18BrNO4S. The summed E-state index contributed by atoms with van der Waals surface area (Å²) < 4.78 is 32.4. The van der Waals surface area contributed by atoms with Gasteiger partial charge in [-0.1, -0.05) is 22.9 Å². The minimum atomic E-state index is -3.65. The molecular weight excluding hydrogens is 334 g/mol. The average molecular weight is 352 g/mol. The number of sulfonamides is 1. The van der Waals surface area contributed by atoms with Crippen LogP contribution in [0.1, 0.15) is 19.8 Å². The van der Waals surface area contributed by atoms with Crippen LogP contribution in [0, 0.1) is 0 Å². The summed E-state index contributed by atoms with van der Waals surface area (Å²) in [6, 6.07) is 4.77. The van der Waals surface area contributed by atoms with Crippen LogP contribution in [0.15, 0.2) is 27.6 Å². The third-order valence-corrected chi connectivity index (χ3v) is 4.63. The van der Waals surface area contributed by atoms with E-state index in [4.69, 9.17) is 4.74 Å². The van der Waals surface area contributed by atoms with Gasteiger partial charge in [-0.15, -0.1) is 0 Å². The van der Waals surface area contributed by atoms with Crippen molar-refractivity contribution >= 4 is 26.0 Å². The van der Waals surface area contributed by atoms with Crippen LogP contribution in [0.25, 0.3) is 0 Å². The zero-order valence-corrected chi connectivity index (χ0v) is 13.3. The van der Waals surface area contributed by atoms with E-state index in [9.17, 15) is 13.5 Å². The minimum Gasteiger partial charge on any atom is -0.495 e.